The summed E-state index contributed by atoms with van der Waals surface area (Å²) in [6.07, 6.45) is 0. The van der Waals surface area contributed by atoms with Crippen molar-refractivity contribution in [1.29, 1.82) is 0 Å². The van der Waals surface area contributed by atoms with Crippen molar-refractivity contribution in [2.24, 2.45) is 0 Å². The minimum atomic E-state index is -0.310. The summed E-state index contributed by atoms with van der Waals surface area (Å²) in [5.74, 6) is 0. The first-order valence-corrected chi connectivity index (χ1v) is 10.3. The molecular formula is C24H23NO2S. The van der Waals surface area contributed by atoms with Crippen LogP contribution in [0.4, 0.5) is 0 Å². The number of hydrogen-bond donors (Lipinski definition) is 1. The summed E-state index contributed by atoms with van der Waals surface area (Å²) in [4.78, 5) is 13.3. The zero-order valence-electron chi connectivity index (χ0n) is 16.3. The first-order chi connectivity index (χ1) is 13.5. The average molecular weight is 390 g/mol. The number of nitrogens with one attached hydrogen (secondary N) is 1. The van der Waals surface area contributed by atoms with Gasteiger partial charge >= 0.3 is 5.63 Å². The van der Waals surface area contributed by atoms with Gasteiger partial charge in [0.05, 0.1) is 6.04 Å². The van der Waals surface area contributed by atoms with Gasteiger partial charge in [0.25, 0.3) is 0 Å². The molecule has 4 heteroatoms. The van der Waals surface area contributed by atoms with Crippen molar-refractivity contribution in [3.05, 3.63) is 103 Å². The molecule has 2 aromatic carbocycles. The number of thiophene rings is 1. The highest BCUT2D eigenvalue weighted by atomic mass is 32.1. The van der Waals surface area contributed by atoms with E-state index in [0.717, 1.165) is 16.5 Å². The van der Waals surface area contributed by atoms with Gasteiger partial charge in [-0.05, 0) is 66.6 Å². The molecule has 142 valence electrons. The van der Waals surface area contributed by atoms with Gasteiger partial charge in [-0.25, -0.2) is 4.79 Å². The summed E-state index contributed by atoms with van der Waals surface area (Å²) in [7, 11) is 0. The molecule has 1 N–H and O–H groups in total. The second kappa shape index (κ2) is 7.74. The van der Waals surface area contributed by atoms with Crippen molar-refractivity contribution in [3.63, 3.8) is 0 Å². The quantitative estimate of drug-likeness (QED) is 0.448. The van der Waals surface area contributed by atoms with Crippen LogP contribution >= 0.6 is 11.3 Å². The number of benzene rings is 2. The largest absolute Gasteiger partial charge is 0.423 e. The molecular weight excluding hydrogens is 366 g/mol. The van der Waals surface area contributed by atoms with Crippen LogP contribution in [0.25, 0.3) is 11.0 Å². The molecule has 0 unspecified atom stereocenters. The van der Waals surface area contributed by atoms with Crippen LogP contribution in [0.3, 0.4) is 0 Å². The Bertz CT molecular complexity index is 1160. The van der Waals surface area contributed by atoms with Gasteiger partial charge in [0.1, 0.15) is 5.58 Å². The van der Waals surface area contributed by atoms with Gasteiger partial charge in [0.2, 0.25) is 0 Å². The first kappa shape index (κ1) is 18.7. The average Bonchev–Trinajstić information content (AvgIpc) is 3.19. The van der Waals surface area contributed by atoms with Gasteiger partial charge < -0.3 is 9.73 Å². The Morgan fingerprint density at radius 1 is 1.00 bits per heavy atom. The molecule has 0 spiro atoms. The Hall–Kier alpha value is -2.69. The van der Waals surface area contributed by atoms with Gasteiger partial charge in [-0.3, -0.25) is 0 Å². The Balaban J connectivity index is 1.70. The lowest BCUT2D eigenvalue weighted by Gasteiger charge is -2.19. The summed E-state index contributed by atoms with van der Waals surface area (Å²) in [5, 5.41) is 6.74. The monoisotopic (exact) mass is 389 g/mol. The Morgan fingerprint density at radius 3 is 2.46 bits per heavy atom. The molecule has 0 aliphatic rings. The van der Waals surface area contributed by atoms with Gasteiger partial charge in [-0.15, -0.1) is 11.3 Å². The van der Waals surface area contributed by atoms with Crippen LogP contribution in [0.1, 0.15) is 38.7 Å². The molecule has 28 heavy (non-hydrogen) atoms. The molecule has 4 aromatic rings. The molecule has 3 nitrogen and oxygen atoms in total. The Labute approximate surface area is 168 Å². The highest BCUT2D eigenvalue weighted by molar-refractivity contribution is 7.10. The number of aryl methyl sites for hydroxylation is 3. The minimum absolute atomic E-state index is 0.0782. The van der Waals surface area contributed by atoms with Crippen LogP contribution < -0.4 is 10.9 Å². The molecule has 4 rings (SSSR count). The topological polar surface area (TPSA) is 42.2 Å². The molecule has 2 heterocycles. The second-order valence-electron chi connectivity index (χ2n) is 7.26. The Kier molecular flexibility index (Phi) is 5.16. The fourth-order valence-corrected chi connectivity index (χ4v) is 4.27. The molecule has 1 atom stereocenters. The van der Waals surface area contributed by atoms with Crippen molar-refractivity contribution >= 4 is 22.3 Å². The molecule has 0 amide bonds. The molecule has 0 fully saturated rings. The summed E-state index contributed by atoms with van der Waals surface area (Å²) in [6.45, 7) is 6.79. The highest BCUT2D eigenvalue weighted by Crippen LogP contribution is 2.28. The van der Waals surface area contributed by atoms with E-state index in [-0.39, 0.29) is 11.7 Å². The van der Waals surface area contributed by atoms with Crippen molar-refractivity contribution in [1.82, 2.24) is 5.32 Å². The van der Waals surface area contributed by atoms with Crippen LogP contribution in [0, 0.1) is 20.8 Å². The molecule has 0 radical (unpaired) electrons. The lowest BCUT2D eigenvalue weighted by atomic mass is 10.0. The standard InChI is InChI=1S/C24H23NO2S/c1-15-6-8-18(9-7-15)24(22-5-4-10-28-22)25-14-19-13-23(26)27-21-12-17(3)16(2)11-20(19)21/h4-13,24-25H,14H2,1-3H3/t24-/m0/s1. The van der Waals surface area contributed by atoms with Gasteiger partial charge in [0, 0.05) is 22.9 Å². The van der Waals surface area contributed by atoms with Crippen molar-refractivity contribution in [2.75, 3.05) is 0 Å². The third-order valence-electron chi connectivity index (χ3n) is 5.18. The second-order valence-corrected chi connectivity index (χ2v) is 8.24. The smallest absolute Gasteiger partial charge is 0.336 e. The maximum atomic E-state index is 12.1. The first-order valence-electron chi connectivity index (χ1n) is 9.38. The van der Waals surface area contributed by atoms with Crippen molar-refractivity contribution in [3.8, 4) is 0 Å². The fraction of sp³-hybridized carbons (Fsp3) is 0.208. The molecule has 0 aliphatic carbocycles. The maximum Gasteiger partial charge on any atom is 0.336 e. The van der Waals surface area contributed by atoms with Crippen molar-refractivity contribution in [2.45, 2.75) is 33.4 Å². The van der Waals surface area contributed by atoms with Gasteiger partial charge in [-0.2, -0.15) is 0 Å². The third kappa shape index (κ3) is 3.79. The van der Waals surface area contributed by atoms with E-state index in [1.807, 2.05) is 13.0 Å². The zero-order chi connectivity index (χ0) is 19.7. The van der Waals surface area contributed by atoms with Gasteiger partial charge in [-0.1, -0.05) is 35.9 Å². The molecule has 0 saturated heterocycles. The molecule has 0 saturated carbocycles. The predicted molar refractivity (Wildman–Crippen MR) is 116 cm³/mol. The molecule has 2 aromatic heterocycles. The Morgan fingerprint density at radius 2 is 1.75 bits per heavy atom. The fourth-order valence-electron chi connectivity index (χ4n) is 3.44. The van der Waals surface area contributed by atoms with E-state index < -0.39 is 0 Å². The highest BCUT2D eigenvalue weighted by Gasteiger charge is 2.16. The third-order valence-corrected chi connectivity index (χ3v) is 6.12. The number of rotatable bonds is 5. The number of fused-ring (bicyclic) bond motifs is 1. The zero-order valence-corrected chi connectivity index (χ0v) is 17.1. The SMILES string of the molecule is Cc1ccc([C@H](NCc2cc(=O)oc3cc(C)c(C)cc23)c2cccs2)cc1. The van der Waals surface area contributed by atoms with Crippen LogP contribution in [0.2, 0.25) is 0 Å². The van der Waals surface area contributed by atoms with E-state index in [4.69, 9.17) is 4.42 Å². The normalized spacial score (nSPS) is 12.4. The molecule has 0 aliphatic heterocycles. The summed E-state index contributed by atoms with van der Waals surface area (Å²) >= 11 is 1.73. The lowest BCUT2D eigenvalue weighted by molar-refractivity contribution is 0.553. The van der Waals surface area contributed by atoms with Crippen LogP contribution in [-0.4, -0.2) is 0 Å². The van der Waals surface area contributed by atoms with E-state index in [1.54, 1.807) is 17.4 Å². The van der Waals surface area contributed by atoms with Crippen LogP contribution in [0.15, 0.2) is 69.2 Å². The van der Waals surface area contributed by atoms with E-state index in [9.17, 15) is 4.79 Å². The predicted octanol–water partition coefficient (Wildman–Crippen LogP) is 5.66. The summed E-state index contributed by atoms with van der Waals surface area (Å²) in [6, 6.07) is 18.6. The van der Waals surface area contributed by atoms with Gasteiger partial charge in [0.15, 0.2) is 0 Å². The summed E-state index contributed by atoms with van der Waals surface area (Å²) in [5.41, 5.74) is 6.07. The molecule has 0 bridgehead atoms. The summed E-state index contributed by atoms with van der Waals surface area (Å²) < 4.78 is 5.43. The van der Waals surface area contributed by atoms with E-state index in [2.05, 4.69) is 67.0 Å². The van der Waals surface area contributed by atoms with Crippen LogP contribution in [0.5, 0.6) is 0 Å². The minimum Gasteiger partial charge on any atom is -0.423 e. The van der Waals surface area contributed by atoms with Crippen LogP contribution in [-0.2, 0) is 6.54 Å². The lowest BCUT2D eigenvalue weighted by Crippen LogP contribution is -2.22. The van der Waals surface area contributed by atoms with E-state index >= 15 is 0 Å². The van der Waals surface area contributed by atoms with E-state index in [0.29, 0.717) is 12.1 Å². The number of hydrogen-bond acceptors (Lipinski definition) is 4. The maximum absolute atomic E-state index is 12.1. The van der Waals surface area contributed by atoms with E-state index in [1.165, 1.54) is 21.6 Å². The van der Waals surface area contributed by atoms with Crippen molar-refractivity contribution < 1.29 is 4.42 Å².